The Bertz CT molecular complexity index is 473. The minimum atomic E-state index is -0.438. The first kappa shape index (κ1) is 13.5. The quantitative estimate of drug-likeness (QED) is 0.520. The van der Waals surface area contributed by atoms with Crippen molar-refractivity contribution in [3.63, 3.8) is 0 Å². The third-order valence-corrected chi connectivity index (χ3v) is 2.21. The molecule has 17 heavy (non-hydrogen) atoms. The molecule has 0 fully saturated rings. The van der Waals surface area contributed by atoms with Crippen LogP contribution in [0.5, 0.6) is 0 Å². The number of anilines is 1. The van der Waals surface area contributed by atoms with Crippen molar-refractivity contribution in [2.24, 2.45) is 0 Å². The Labute approximate surface area is 110 Å². The van der Waals surface area contributed by atoms with Gasteiger partial charge < -0.3 is 0 Å². The maximum Gasteiger partial charge on any atom is 0.281 e. The van der Waals surface area contributed by atoms with Crippen molar-refractivity contribution >= 4 is 11.6 Å². The van der Waals surface area contributed by atoms with Crippen molar-refractivity contribution in [1.82, 2.24) is 0 Å². The van der Waals surface area contributed by atoms with Crippen LogP contribution in [0.2, 0.25) is 0 Å². The van der Waals surface area contributed by atoms with Crippen LogP contribution in [0.1, 0.15) is 10.4 Å². The van der Waals surface area contributed by atoms with Crippen molar-refractivity contribution in [3.05, 3.63) is 66.2 Å². The average Bonchev–Trinajstić information content (AvgIpc) is 2.39. The van der Waals surface area contributed by atoms with Gasteiger partial charge in [-0.2, -0.15) is 5.06 Å². The van der Waals surface area contributed by atoms with E-state index in [2.05, 4.69) is 0 Å². The molecule has 2 aromatic rings. The number of para-hydroxylation sites is 1. The van der Waals surface area contributed by atoms with Gasteiger partial charge in [0.2, 0.25) is 0 Å². The second kappa shape index (κ2) is 6.21. The Hall–Kier alpha value is -1.61. The molecule has 0 unspecified atom stereocenters. The van der Waals surface area contributed by atoms with Crippen LogP contribution in [0.3, 0.4) is 0 Å². The largest absolute Gasteiger partial charge is 0.281 e. The number of carbonyl (C=O) groups is 1. The van der Waals surface area contributed by atoms with E-state index in [4.69, 9.17) is 0 Å². The summed E-state index contributed by atoms with van der Waals surface area (Å²) in [6.07, 6.45) is 0. The molecule has 1 radical (unpaired) electrons. The SMILES string of the molecule is O=C(c1ccccc1)N(O)c1ccccc1.[Cu]. The van der Waals surface area contributed by atoms with Gasteiger partial charge in [0.15, 0.2) is 0 Å². The monoisotopic (exact) mass is 276 g/mol. The molecule has 3 nitrogen and oxygen atoms in total. The van der Waals surface area contributed by atoms with Crippen LogP contribution in [0, 0.1) is 0 Å². The summed E-state index contributed by atoms with van der Waals surface area (Å²) in [5.41, 5.74) is 0.908. The predicted molar refractivity (Wildman–Crippen MR) is 61.5 cm³/mol. The summed E-state index contributed by atoms with van der Waals surface area (Å²) in [4.78, 5) is 11.8. The minimum absolute atomic E-state index is 0. The van der Waals surface area contributed by atoms with E-state index in [9.17, 15) is 10.0 Å². The second-order valence-corrected chi connectivity index (χ2v) is 3.32. The predicted octanol–water partition coefficient (Wildman–Crippen LogP) is 2.72. The Morgan fingerprint density at radius 3 is 1.88 bits per heavy atom. The molecule has 0 atom stereocenters. The van der Waals surface area contributed by atoms with Crippen LogP contribution < -0.4 is 5.06 Å². The molecule has 0 saturated carbocycles. The number of carbonyl (C=O) groups excluding carboxylic acids is 1. The Kier molecular flexibility index (Phi) is 4.91. The van der Waals surface area contributed by atoms with Crippen LogP contribution >= 0.6 is 0 Å². The number of hydroxylamine groups is 1. The van der Waals surface area contributed by atoms with Crippen molar-refractivity contribution < 1.29 is 27.1 Å². The van der Waals surface area contributed by atoms with E-state index in [-0.39, 0.29) is 17.1 Å². The fraction of sp³-hybridized carbons (Fsp3) is 0. The zero-order chi connectivity index (χ0) is 11.4. The van der Waals surface area contributed by atoms with Crippen LogP contribution in [0.15, 0.2) is 60.7 Å². The average molecular weight is 277 g/mol. The number of nitrogens with zero attached hydrogens (tertiary/aromatic N) is 1. The number of hydrogen-bond donors (Lipinski definition) is 1. The first-order chi connectivity index (χ1) is 7.79. The number of benzene rings is 2. The van der Waals surface area contributed by atoms with Gasteiger partial charge in [-0.3, -0.25) is 10.0 Å². The van der Waals surface area contributed by atoms with Crippen molar-refractivity contribution in [2.75, 3.05) is 5.06 Å². The van der Waals surface area contributed by atoms with Crippen molar-refractivity contribution in [3.8, 4) is 0 Å². The molecule has 0 aliphatic rings. The zero-order valence-electron chi connectivity index (χ0n) is 8.88. The molecule has 0 spiro atoms. The third kappa shape index (κ3) is 3.17. The van der Waals surface area contributed by atoms with Gasteiger partial charge in [-0.15, -0.1) is 0 Å². The van der Waals surface area contributed by atoms with E-state index in [0.29, 0.717) is 16.3 Å². The molecule has 2 aromatic carbocycles. The first-order valence-corrected chi connectivity index (χ1v) is 4.92. The topological polar surface area (TPSA) is 40.5 Å². The normalized spacial score (nSPS) is 9.24. The smallest absolute Gasteiger partial charge is 0.281 e. The van der Waals surface area contributed by atoms with Gasteiger partial charge in [0, 0.05) is 22.6 Å². The first-order valence-electron chi connectivity index (χ1n) is 4.92. The Morgan fingerprint density at radius 1 is 0.882 bits per heavy atom. The minimum Gasteiger partial charge on any atom is -0.281 e. The number of amides is 1. The molecule has 91 valence electrons. The van der Waals surface area contributed by atoms with Crippen LogP contribution in [0.4, 0.5) is 5.69 Å². The summed E-state index contributed by atoms with van der Waals surface area (Å²) >= 11 is 0. The zero-order valence-corrected chi connectivity index (χ0v) is 9.82. The summed E-state index contributed by atoms with van der Waals surface area (Å²) in [5, 5.41) is 10.4. The Balaban J connectivity index is 0.00000144. The maximum atomic E-state index is 11.8. The summed E-state index contributed by atoms with van der Waals surface area (Å²) in [5.74, 6) is -0.438. The van der Waals surface area contributed by atoms with E-state index in [1.807, 2.05) is 12.1 Å². The molecule has 1 N–H and O–H groups in total. The third-order valence-electron chi connectivity index (χ3n) is 2.21. The van der Waals surface area contributed by atoms with Crippen LogP contribution in [-0.4, -0.2) is 11.1 Å². The fourth-order valence-corrected chi connectivity index (χ4v) is 1.39. The molecular weight excluding hydrogens is 266 g/mol. The standard InChI is InChI=1S/C13H11NO2.Cu/c15-13(11-7-3-1-4-8-11)14(16)12-9-5-2-6-10-12;/h1-10,16H;. The molecule has 2 rings (SSSR count). The van der Waals surface area contributed by atoms with E-state index >= 15 is 0 Å². The van der Waals surface area contributed by atoms with Crippen LogP contribution in [0.25, 0.3) is 0 Å². The summed E-state index contributed by atoms with van der Waals surface area (Å²) in [7, 11) is 0. The molecule has 1 amide bonds. The van der Waals surface area contributed by atoms with E-state index in [1.165, 1.54) is 0 Å². The fourth-order valence-electron chi connectivity index (χ4n) is 1.39. The molecule has 0 saturated heterocycles. The maximum absolute atomic E-state index is 11.8. The summed E-state index contributed by atoms with van der Waals surface area (Å²) in [6.45, 7) is 0. The summed E-state index contributed by atoms with van der Waals surface area (Å²) in [6, 6.07) is 17.3. The van der Waals surface area contributed by atoms with Gasteiger partial charge in [-0.25, -0.2) is 0 Å². The van der Waals surface area contributed by atoms with Crippen molar-refractivity contribution in [1.29, 1.82) is 0 Å². The van der Waals surface area contributed by atoms with Gasteiger partial charge in [0.1, 0.15) is 0 Å². The molecule has 0 bridgehead atoms. The molecule has 0 aromatic heterocycles. The molecule has 0 aliphatic carbocycles. The van der Waals surface area contributed by atoms with Gasteiger partial charge >= 0.3 is 0 Å². The van der Waals surface area contributed by atoms with E-state index in [1.54, 1.807) is 48.5 Å². The van der Waals surface area contributed by atoms with Crippen LogP contribution in [-0.2, 0) is 17.1 Å². The molecule has 4 heteroatoms. The molecular formula is C13H11CuNO2. The molecule has 0 heterocycles. The van der Waals surface area contributed by atoms with Gasteiger partial charge in [0.05, 0.1) is 5.69 Å². The van der Waals surface area contributed by atoms with E-state index in [0.717, 1.165) is 0 Å². The Morgan fingerprint density at radius 2 is 1.35 bits per heavy atom. The summed E-state index contributed by atoms with van der Waals surface area (Å²) < 4.78 is 0. The van der Waals surface area contributed by atoms with Gasteiger partial charge in [-0.1, -0.05) is 36.4 Å². The molecule has 0 aliphatic heterocycles. The number of rotatable bonds is 2. The van der Waals surface area contributed by atoms with E-state index < -0.39 is 5.91 Å². The second-order valence-electron chi connectivity index (χ2n) is 3.32. The van der Waals surface area contributed by atoms with Crippen molar-refractivity contribution in [2.45, 2.75) is 0 Å². The van der Waals surface area contributed by atoms with Gasteiger partial charge in [0.25, 0.3) is 5.91 Å². The number of hydrogen-bond acceptors (Lipinski definition) is 2. The van der Waals surface area contributed by atoms with Gasteiger partial charge in [-0.05, 0) is 24.3 Å².